The minimum atomic E-state index is -5.53. The topological polar surface area (TPSA) is 96.2 Å². The van der Waals surface area contributed by atoms with Crippen molar-refractivity contribution in [1.29, 1.82) is 0 Å². The highest BCUT2D eigenvalue weighted by molar-refractivity contribution is 8.01. The second-order valence-electron chi connectivity index (χ2n) is 7.39. The Morgan fingerprint density at radius 2 is 1.60 bits per heavy atom. The van der Waals surface area contributed by atoms with E-state index in [1.807, 2.05) is 13.8 Å². The maximum Gasteiger partial charge on any atom is 0.501 e. The Morgan fingerprint density at radius 1 is 1.03 bits per heavy atom. The molecule has 0 aromatic heterocycles. The first-order valence-electron chi connectivity index (χ1n) is 8.74. The number of benzene rings is 2. The Bertz CT molecular complexity index is 1170. The maximum atomic E-state index is 13.2. The quantitative estimate of drug-likeness (QED) is 0.614. The summed E-state index contributed by atoms with van der Waals surface area (Å²) in [7, 11) is -5.53. The molecule has 2 aromatic carbocycles. The van der Waals surface area contributed by atoms with E-state index in [2.05, 4.69) is 10.2 Å². The number of allylic oxidation sites excluding steroid dienone is 1. The first-order valence-corrected chi connectivity index (χ1v) is 10.2. The van der Waals surface area contributed by atoms with E-state index in [0.29, 0.717) is 11.3 Å². The minimum absolute atomic E-state index is 0.0544. The highest BCUT2D eigenvalue weighted by atomic mass is 32.2. The van der Waals surface area contributed by atoms with Gasteiger partial charge < -0.3 is 5.11 Å². The normalized spacial score (nSPS) is 16.2. The zero-order valence-corrected chi connectivity index (χ0v) is 16.8. The zero-order chi connectivity index (χ0) is 22.3. The standard InChI is InChI=1S/C20H17F3N2O4S/c1-19(2)10-9-17(30(28,29)20(21,22)23)15-11-14(7-8-16(15)19)25-24-13-5-3-12(4-6-13)18(26)27/h3-9,11H,10H2,1-2H3,(H,26,27). The lowest BCUT2D eigenvalue weighted by atomic mass is 9.76. The van der Waals surface area contributed by atoms with Gasteiger partial charge in [-0.1, -0.05) is 26.0 Å². The van der Waals surface area contributed by atoms with Crippen LogP contribution in [0.2, 0.25) is 0 Å². The highest BCUT2D eigenvalue weighted by Gasteiger charge is 2.50. The van der Waals surface area contributed by atoms with Crippen molar-refractivity contribution < 1.29 is 31.5 Å². The average Bonchev–Trinajstić information content (AvgIpc) is 2.65. The molecule has 3 rings (SSSR count). The molecule has 1 aliphatic rings. The molecule has 1 N–H and O–H groups in total. The minimum Gasteiger partial charge on any atom is -0.478 e. The van der Waals surface area contributed by atoms with Crippen LogP contribution in [0.3, 0.4) is 0 Å². The summed E-state index contributed by atoms with van der Waals surface area (Å²) in [6.45, 7) is 3.62. The van der Waals surface area contributed by atoms with Crippen molar-refractivity contribution in [2.24, 2.45) is 10.2 Å². The predicted molar refractivity (Wildman–Crippen MR) is 105 cm³/mol. The monoisotopic (exact) mass is 438 g/mol. The summed E-state index contributed by atoms with van der Waals surface area (Å²) < 4.78 is 63.6. The van der Waals surface area contributed by atoms with Gasteiger partial charge in [-0.05, 0) is 59.4 Å². The molecule has 0 aliphatic heterocycles. The molecule has 0 fully saturated rings. The lowest BCUT2D eigenvalue weighted by Gasteiger charge is -2.32. The van der Waals surface area contributed by atoms with E-state index in [9.17, 15) is 26.4 Å². The molecule has 6 nitrogen and oxygen atoms in total. The van der Waals surface area contributed by atoms with Crippen molar-refractivity contribution in [3.05, 3.63) is 65.2 Å². The lowest BCUT2D eigenvalue weighted by molar-refractivity contribution is -0.0420. The number of hydrogen-bond donors (Lipinski definition) is 1. The number of halogens is 3. The number of azo groups is 1. The Labute approximate surface area is 170 Å². The van der Waals surface area contributed by atoms with Gasteiger partial charge in [-0.15, -0.1) is 0 Å². The second-order valence-corrected chi connectivity index (χ2v) is 9.30. The van der Waals surface area contributed by atoms with E-state index in [1.165, 1.54) is 30.3 Å². The molecule has 10 heteroatoms. The first-order chi connectivity index (χ1) is 13.8. The molecule has 0 spiro atoms. The Kier molecular flexibility index (Phi) is 5.32. The fourth-order valence-corrected chi connectivity index (χ4v) is 4.13. The van der Waals surface area contributed by atoms with Crippen molar-refractivity contribution >= 4 is 32.1 Å². The lowest BCUT2D eigenvalue weighted by Crippen LogP contribution is -2.29. The molecular formula is C20H17F3N2O4S. The van der Waals surface area contributed by atoms with Crippen LogP contribution in [0.5, 0.6) is 0 Å². The van der Waals surface area contributed by atoms with Crippen molar-refractivity contribution in [1.82, 2.24) is 0 Å². The average molecular weight is 438 g/mol. The largest absolute Gasteiger partial charge is 0.501 e. The van der Waals surface area contributed by atoms with Gasteiger partial charge in [0.05, 0.1) is 21.8 Å². The third-order valence-electron chi connectivity index (χ3n) is 4.78. The van der Waals surface area contributed by atoms with Crippen LogP contribution in [0.4, 0.5) is 24.5 Å². The number of carboxylic acids is 1. The molecule has 0 radical (unpaired) electrons. The number of alkyl halides is 3. The van der Waals surface area contributed by atoms with Gasteiger partial charge in [0.15, 0.2) is 0 Å². The molecule has 0 heterocycles. The molecular weight excluding hydrogens is 421 g/mol. The fourth-order valence-electron chi connectivity index (χ4n) is 3.12. The van der Waals surface area contributed by atoms with Gasteiger partial charge in [-0.2, -0.15) is 23.4 Å². The molecule has 30 heavy (non-hydrogen) atoms. The van der Waals surface area contributed by atoms with Gasteiger partial charge in [-0.3, -0.25) is 0 Å². The van der Waals surface area contributed by atoms with Gasteiger partial charge in [0.2, 0.25) is 0 Å². The number of sulfone groups is 1. The van der Waals surface area contributed by atoms with Crippen LogP contribution in [0.25, 0.3) is 4.91 Å². The number of carbonyl (C=O) groups is 1. The number of nitrogens with zero attached hydrogens (tertiary/aromatic N) is 2. The molecule has 0 saturated carbocycles. The van der Waals surface area contributed by atoms with Crippen molar-refractivity contribution in [3.8, 4) is 0 Å². The van der Waals surface area contributed by atoms with Crippen LogP contribution in [0, 0.1) is 0 Å². The van der Waals surface area contributed by atoms with E-state index in [0.717, 1.165) is 6.08 Å². The van der Waals surface area contributed by atoms with Crippen molar-refractivity contribution in [2.75, 3.05) is 0 Å². The Hall–Kier alpha value is -3.01. The summed E-state index contributed by atoms with van der Waals surface area (Å²) in [6, 6.07) is 9.88. The molecule has 0 amide bonds. The first kappa shape index (κ1) is 21.7. The molecule has 0 saturated heterocycles. The van der Waals surface area contributed by atoms with Gasteiger partial charge in [0.25, 0.3) is 9.84 Å². The van der Waals surface area contributed by atoms with E-state index >= 15 is 0 Å². The number of carboxylic acid groups (broad SMARTS) is 1. The van der Waals surface area contributed by atoms with Crippen LogP contribution in [-0.2, 0) is 15.3 Å². The smallest absolute Gasteiger partial charge is 0.478 e. The van der Waals surface area contributed by atoms with E-state index in [1.54, 1.807) is 12.1 Å². The third kappa shape index (κ3) is 4.00. The van der Waals surface area contributed by atoms with E-state index in [4.69, 9.17) is 5.11 Å². The molecule has 1 aliphatic carbocycles. The second kappa shape index (κ2) is 7.35. The van der Waals surface area contributed by atoms with Crippen LogP contribution in [-0.4, -0.2) is 25.0 Å². The van der Waals surface area contributed by atoms with Gasteiger partial charge >= 0.3 is 11.5 Å². The maximum absolute atomic E-state index is 13.2. The Balaban J connectivity index is 2.03. The zero-order valence-electron chi connectivity index (χ0n) is 15.9. The number of fused-ring (bicyclic) bond motifs is 1. The van der Waals surface area contributed by atoms with Crippen LogP contribution in [0.1, 0.15) is 41.8 Å². The molecule has 0 unspecified atom stereocenters. The summed E-state index contributed by atoms with van der Waals surface area (Å²) in [4.78, 5) is 10.1. The summed E-state index contributed by atoms with van der Waals surface area (Å²) in [5, 5.41) is 16.8. The molecule has 2 aromatic rings. The molecule has 0 bridgehead atoms. The summed E-state index contributed by atoms with van der Waals surface area (Å²) >= 11 is 0. The summed E-state index contributed by atoms with van der Waals surface area (Å²) in [5.41, 5.74) is -4.99. The SMILES string of the molecule is CC1(C)CC=C(S(=O)(=O)C(F)(F)F)c2cc(N=Nc3ccc(C(=O)O)cc3)ccc21. The third-order valence-corrected chi connectivity index (χ3v) is 6.36. The number of hydrogen-bond acceptors (Lipinski definition) is 5. The summed E-state index contributed by atoms with van der Waals surface area (Å²) in [6.07, 6.45) is 1.23. The number of aromatic carboxylic acids is 1. The number of rotatable bonds is 4. The highest BCUT2D eigenvalue weighted by Crippen LogP contribution is 2.45. The van der Waals surface area contributed by atoms with E-state index < -0.39 is 31.6 Å². The van der Waals surface area contributed by atoms with Gasteiger partial charge in [-0.25, -0.2) is 13.2 Å². The predicted octanol–water partition coefficient (Wildman–Crippen LogP) is 5.76. The van der Waals surface area contributed by atoms with Crippen LogP contribution >= 0.6 is 0 Å². The van der Waals surface area contributed by atoms with Crippen molar-refractivity contribution in [3.63, 3.8) is 0 Å². The molecule has 0 atom stereocenters. The van der Waals surface area contributed by atoms with Gasteiger partial charge in [0.1, 0.15) is 0 Å². The molecule has 158 valence electrons. The van der Waals surface area contributed by atoms with Crippen molar-refractivity contribution in [2.45, 2.75) is 31.2 Å². The fraction of sp³-hybridized carbons (Fsp3) is 0.250. The van der Waals surface area contributed by atoms with Crippen LogP contribution < -0.4 is 0 Å². The van der Waals surface area contributed by atoms with E-state index in [-0.39, 0.29) is 23.2 Å². The van der Waals surface area contributed by atoms with Crippen LogP contribution in [0.15, 0.2) is 58.8 Å². The Morgan fingerprint density at radius 3 is 2.17 bits per heavy atom. The van der Waals surface area contributed by atoms with Gasteiger partial charge in [0, 0.05) is 0 Å². The summed E-state index contributed by atoms with van der Waals surface area (Å²) in [5.74, 6) is -1.10.